The highest BCUT2D eigenvalue weighted by Gasteiger charge is 2.11. The summed E-state index contributed by atoms with van der Waals surface area (Å²) in [6.07, 6.45) is 1.78. The van der Waals surface area contributed by atoms with Crippen molar-refractivity contribution < 1.29 is 14.3 Å². The van der Waals surface area contributed by atoms with Crippen molar-refractivity contribution in [1.82, 2.24) is 10.3 Å². The Morgan fingerprint density at radius 1 is 1.36 bits per heavy atom. The van der Waals surface area contributed by atoms with E-state index in [-0.39, 0.29) is 24.9 Å². The lowest BCUT2D eigenvalue weighted by molar-refractivity contribution is -0.121. The highest BCUT2D eigenvalue weighted by molar-refractivity contribution is 5.90. The molecule has 124 valence electrons. The first-order chi connectivity index (χ1) is 10.3. The Morgan fingerprint density at radius 3 is 2.77 bits per heavy atom. The first-order valence-corrected chi connectivity index (χ1v) is 7.08. The van der Waals surface area contributed by atoms with E-state index in [1.54, 1.807) is 13.3 Å². The van der Waals surface area contributed by atoms with Gasteiger partial charge in [0, 0.05) is 33.3 Å². The third-order valence-electron chi connectivity index (χ3n) is 3.16. The third kappa shape index (κ3) is 6.15. The largest absolute Gasteiger partial charge is 0.382 e. The van der Waals surface area contributed by atoms with Gasteiger partial charge >= 0.3 is 0 Å². The minimum Gasteiger partial charge on any atom is -0.382 e. The van der Waals surface area contributed by atoms with Crippen molar-refractivity contribution in [1.29, 1.82) is 0 Å². The number of hydrogen-bond acceptors (Lipinski definition) is 6. The molecule has 8 heteroatoms. The lowest BCUT2D eigenvalue weighted by Gasteiger charge is -2.29. The first-order valence-electron chi connectivity index (χ1n) is 7.08. The number of aromatic nitrogens is 1. The Hall–Kier alpha value is -1.41. The number of methoxy groups -OCH3 is 1. The minimum absolute atomic E-state index is 0. The van der Waals surface area contributed by atoms with Crippen LogP contribution in [0.4, 0.5) is 11.5 Å². The summed E-state index contributed by atoms with van der Waals surface area (Å²) >= 11 is 0. The molecule has 0 radical (unpaired) electrons. The van der Waals surface area contributed by atoms with E-state index in [4.69, 9.17) is 9.47 Å². The monoisotopic (exact) mass is 330 g/mol. The number of carbonyl (C=O) groups is 1. The van der Waals surface area contributed by atoms with Gasteiger partial charge in [0.05, 0.1) is 25.1 Å². The molecule has 0 unspecified atom stereocenters. The van der Waals surface area contributed by atoms with Crippen LogP contribution in [0.2, 0.25) is 0 Å². The molecule has 2 N–H and O–H groups in total. The van der Waals surface area contributed by atoms with Gasteiger partial charge in [0.2, 0.25) is 0 Å². The molecule has 2 heterocycles. The first kappa shape index (κ1) is 18.6. The Labute approximate surface area is 136 Å². The molecule has 1 fully saturated rings. The van der Waals surface area contributed by atoms with Crippen LogP contribution in [-0.2, 0) is 14.3 Å². The minimum atomic E-state index is -0.214. The molecule has 1 amide bonds. The fraction of sp³-hybridized carbons (Fsp3) is 0.571. The van der Waals surface area contributed by atoms with Gasteiger partial charge in [-0.2, -0.15) is 0 Å². The average Bonchev–Trinajstić information content (AvgIpc) is 2.53. The second-order valence-corrected chi connectivity index (χ2v) is 4.73. The number of nitrogens with one attached hydrogen (secondary N) is 2. The normalized spacial score (nSPS) is 14.3. The standard InChI is InChI=1S/C14H22N4O3.ClH/c1-20-8-9-21-11-14(19)17-13-3-2-12(10-16-13)18-6-4-15-5-7-18;/h2-3,10,15H,4-9,11H2,1H3,(H,16,17,19);1H. The quantitative estimate of drug-likeness (QED) is 0.710. The zero-order valence-electron chi connectivity index (χ0n) is 12.7. The zero-order chi connectivity index (χ0) is 14.9. The van der Waals surface area contributed by atoms with Gasteiger partial charge in [0.15, 0.2) is 0 Å². The predicted molar refractivity (Wildman–Crippen MR) is 87.9 cm³/mol. The van der Waals surface area contributed by atoms with Crippen LogP contribution < -0.4 is 15.5 Å². The molecule has 22 heavy (non-hydrogen) atoms. The Balaban J connectivity index is 0.00000242. The molecule has 0 atom stereocenters. The van der Waals surface area contributed by atoms with Crippen LogP contribution in [0.5, 0.6) is 0 Å². The number of carbonyl (C=O) groups excluding carboxylic acids is 1. The van der Waals surface area contributed by atoms with Crippen LogP contribution >= 0.6 is 12.4 Å². The van der Waals surface area contributed by atoms with Gasteiger partial charge in [0.25, 0.3) is 5.91 Å². The maximum Gasteiger partial charge on any atom is 0.251 e. The summed E-state index contributed by atoms with van der Waals surface area (Å²) in [5, 5.41) is 6.01. The van der Waals surface area contributed by atoms with Crippen molar-refractivity contribution in [3.8, 4) is 0 Å². The van der Waals surface area contributed by atoms with Crippen molar-refractivity contribution in [2.24, 2.45) is 0 Å². The highest BCUT2D eigenvalue weighted by atomic mass is 35.5. The van der Waals surface area contributed by atoms with E-state index >= 15 is 0 Å². The summed E-state index contributed by atoms with van der Waals surface area (Å²) in [6.45, 7) is 4.80. The molecule has 0 bridgehead atoms. The summed E-state index contributed by atoms with van der Waals surface area (Å²) in [6, 6.07) is 3.78. The van der Waals surface area contributed by atoms with Crippen molar-refractivity contribution in [3.05, 3.63) is 18.3 Å². The number of hydrogen-bond donors (Lipinski definition) is 2. The lowest BCUT2D eigenvalue weighted by Crippen LogP contribution is -2.43. The lowest BCUT2D eigenvalue weighted by atomic mass is 10.3. The van der Waals surface area contributed by atoms with E-state index in [1.807, 2.05) is 12.1 Å². The molecule has 2 rings (SSSR count). The Kier molecular flexibility index (Phi) is 8.76. The van der Waals surface area contributed by atoms with Gasteiger partial charge in [-0.15, -0.1) is 12.4 Å². The number of amides is 1. The van der Waals surface area contributed by atoms with Crippen molar-refractivity contribution in [3.63, 3.8) is 0 Å². The molecule has 1 saturated heterocycles. The molecule has 7 nitrogen and oxygen atoms in total. The summed E-state index contributed by atoms with van der Waals surface area (Å²) in [5.41, 5.74) is 1.07. The second-order valence-electron chi connectivity index (χ2n) is 4.73. The van der Waals surface area contributed by atoms with Crippen molar-refractivity contribution >= 4 is 29.8 Å². The molecule has 1 aliphatic heterocycles. The second kappa shape index (κ2) is 10.3. The number of rotatable bonds is 7. The fourth-order valence-corrected chi connectivity index (χ4v) is 2.06. The van der Waals surface area contributed by atoms with Gasteiger partial charge in [-0.1, -0.05) is 0 Å². The van der Waals surface area contributed by atoms with Gasteiger partial charge in [0.1, 0.15) is 12.4 Å². The molecule has 0 aromatic carbocycles. The van der Waals surface area contributed by atoms with Gasteiger partial charge in [-0.05, 0) is 12.1 Å². The maximum atomic E-state index is 11.6. The number of ether oxygens (including phenoxy) is 2. The summed E-state index contributed by atoms with van der Waals surface area (Å²) in [7, 11) is 1.59. The van der Waals surface area contributed by atoms with Crippen LogP contribution in [0.25, 0.3) is 0 Å². The van der Waals surface area contributed by atoms with Crippen LogP contribution in [-0.4, -0.2) is 64.0 Å². The van der Waals surface area contributed by atoms with E-state index in [0.717, 1.165) is 31.9 Å². The number of anilines is 2. The SMILES string of the molecule is COCCOCC(=O)Nc1ccc(N2CCNCC2)cn1.Cl. The van der Waals surface area contributed by atoms with E-state index in [1.165, 1.54) is 0 Å². The number of pyridine rings is 1. The van der Waals surface area contributed by atoms with Crippen LogP contribution in [0.1, 0.15) is 0 Å². The van der Waals surface area contributed by atoms with E-state index < -0.39 is 0 Å². The molecule has 0 aliphatic carbocycles. The molecule has 0 spiro atoms. The highest BCUT2D eigenvalue weighted by Crippen LogP contribution is 2.15. The molecular weight excluding hydrogens is 308 g/mol. The van der Waals surface area contributed by atoms with E-state index in [9.17, 15) is 4.79 Å². The summed E-state index contributed by atoms with van der Waals surface area (Å²) in [5.74, 6) is 0.322. The van der Waals surface area contributed by atoms with E-state index in [0.29, 0.717) is 19.0 Å². The molecule has 1 aromatic heterocycles. The smallest absolute Gasteiger partial charge is 0.251 e. The third-order valence-corrected chi connectivity index (χ3v) is 3.16. The average molecular weight is 331 g/mol. The van der Waals surface area contributed by atoms with Crippen LogP contribution in [0, 0.1) is 0 Å². The number of nitrogens with zero attached hydrogens (tertiary/aromatic N) is 2. The number of halogens is 1. The molecule has 1 aliphatic rings. The van der Waals surface area contributed by atoms with Crippen LogP contribution in [0.3, 0.4) is 0 Å². The Bertz CT molecular complexity index is 438. The molecule has 1 aromatic rings. The van der Waals surface area contributed by atoms with Gasteiger partial charge in [-0.25, -0.2) is 4.98 Å². The summed E-state index contributed by atoms with van der Waals surface area (Å²) < 4.78 is 9.98. The van der Waals surface area contributed by atoms with E-state index in [2.05, 4.69) is 20.5 Å². The van der Waals surface area contributed by atoms with Crippen molar-refractivity contribution in [2.75, 3.05) is 63.3 Å². The van der Waals surface area contributed by atoms with Gasteiger partial charge < -0.3 is 25.0 Å². The van der Waals surface area contributed by atoms with Crippen molar-refractivity contribution in [2.45, 2.75) is 0 Å². The molecule has 0 saturated carbocycles. The Morgan fingerprint density at radius 2 is 2.14 bits per heavy atom. The predicted octanol–water partition coefficient (Wildman–Crippen LogP) is 0.514. The number of piperazine rings is 1. The van der Waals surface area contributed by atoms with Crippen LogP contribution in [0.15, 0.2) is 18.3 Å². The summed E-state index contributed by atoms with van der Waals surface area (Å²) in [4.78, 5) is 18.2. The zero-order valence-corrected chi connectivity index (χ0v) is 13.5. The maximum absolute atomic E-state index is 11.6. The fourth-order valence-electron chi connectivity index (χ4n) is 2.06. The topological polar surface area (TPSA) is 75.7 Å². The van der Waals surface area contributed by atoms with Gasteiger partial charge in [-0.3, -0.25) is 4.79 Å². The molecular formula is C14H23ClN4O3.